The van der Waals surface area contributed by atoms with Gasteiger partial charge < -0.3 is 10.1 Å². The first kappa shape index (κ1) is 11.4. The van der Waals surface area contributed by atoms with Crippen LogP contribution in [0, 0.1) is 17.2 Å². The molecule has 0 bridgehead atoms. The minimum absolute atomic E-state index is 0.472. The van der Waals surface area contributed by atoms with E-state index >= 15 is 0 Å². The Bertz CT molecular complexity index is 244. The number of carbonyl (C=O) groups excluding carboxylic acids is 2. The van der Waals surface area contributed by atoms with Gasteiger partial charge in [-0.25, -0.2) is 4.79 Å². The number of ether oxygens (including phenoxy) is 1. The summed E-state index contributed by atoms with van der Waals surface area (Å²) in [7, 11) is 1.23. The molecule has 0 aliphatic rings. The highest BCUT2D eigenvalue weighted by Gasteiger charge is 2.19. The maximum absolute atomic E-state index is 11.1. The number of esters is 1. The van der Waals surface area contributed by atoms with Crippen molar-refractivity contribution in [2.75, 3.05) is 7.11 Å². The van der Waals surface area contributed by atoms with E-state index in [9.17, 15) is 9.59 Å². The Hall–Kier alpha value is -1.57. The molecule has 0 aromatic carbocycles. The third-order valence-corrected chi connectivity index (χ3v) is 1.50. The van der Waals surface area contributed by atoms with Crippen molar-refractivity contribution >= 4 is 11.9 Å². The number of nitriles is 1. The van der Waals surface area contributed by atoms with E-state index in [-0.39, 0.29) is 0 Å². The number of nitrogens with zero attached hydrogens (tertiary/aromatic N) is 1. The summed E-state index contributed by atoms with van der Waals surface area (Å²) >= 11 is 0. The van der Waals surface area contributed by atoms with Gasteiger partial charge in [0.15, 0.2) is 0 Å². The normalized spacial score (nSPS) is 13.7. The molecule has 0 aliphatic heterocycles. The highest BCUT2D eigenvalue weighted by molar-refractivity contribution is 5.86. The van der Waals surface area contributed by atoms with Crippen LogP contribution < -0.4 is 5.32 Å². The molecular formula is C8H12N2O3. The fourth-order valence-electron chi connectivity index (χ4n) is 0.633. The van der Waals surface area contributed by atoms with E-state index in [4.69, 9.17) is 5.26 Å². The van der Waals surface area contributed by atoms with Gasteiger partial charge in [-0.05, 0) is 13.8 Å². The second kappa shape index (κ2) is 5.14. The molecule has 5 nitrogen and oxygen atoms in total. The van der Waals surface area contributed by atoms with Crippen molar-refractivity contribution in [1.82, 2.24) is 5.32 Å². The van der Waals surface area contributed by atoms with E-state index in [0.717, 1.165) is 0 Å². The summed E-state index contributed by atoms with van der Waals surface area (Å²) in [5.41, 5.74) is 0. The lowest BCUT2D eigenvalue weighted by Crippen LogP contribution is -2.41. The molecule has 13 heavy (non-hydrogen) atoms. The summed E-state index contributed by atoms with van der Waals surface area (Å²) in [6, 6.07) is 1.05. The van der Waals surface area contributed by atoms with Crippen molar-refractivity contribution in [3.8, 4) is 6.07 Å². The molecule has 72 valence electrons. The van der Waals surface area contributed by atoms with E-state index < -0.39 is 23.8 Å². The molecule has 0 rings (SSSR count). The maximum atomic E-state index is 11.1. The molecule has 2 atom stereocenters. The minimum Gasteiger partial charge on any atom is -0.467 e. The van der Waals surface area contributed by atoms with Crippen LogP contribution in [0.15, 0.2) is 0 Å². The molecule has 0 aromatic heterocycles. The van der Waals surface area contributed by atoms with Crippen LogP contribution in [0.25, 0.3) is 0 Å². The van der Waals surface area contributed by atoms with E-state index in [0.29, 0.717) is 0 Å². The molecule has 0 aliphatic carbocycles. The first-order valence-corrected chi connectivity index (χ1v) is 3.80. The number of methoxy groups -OCH3 is 1. The molecule has 1 N–H and O–H groups in total. The molecule has 0 radical (unpaired) electrons. The number of hydrogen-bond acceptors (Lipinski definition) is 4. The van der Waals surface area contributed by atoms with Gasteiger partial charge in [0.1, 0.15) is 12.0 Å². The summed E-state index contributed by atoms with van der Waals surface area (Å²) in [5.74, 6) is -1.76. The van der Waals surface area contributed by atoms with Gasteiger partial charge in [0.05, 0.1) is 13.2 Å². The summed E-state index contributed by atoms with van der Waals surface area (Å²) < 4.78 is 4.39. The molecule has 2 unspecified atom stereocenters. The van der Waals surface area contributed by atoms with Gasteiger partial charge in [0.25, 0.3) is 0 Å². The van der Waals surface area contributed by atoms with Crippen molar-refractivity contribution in [2.24, 2.45) is 5.92 Å². The Kier molecular flexibility index (Phi) is 4.52. The zero-order valence-electron chi connectivity index (χ0n) is 7.83. The molecule has 0 aromatic rings. The van der Waals surface area contributed by atoms with Gasteiger partial charge in [-0.15, -0.1) is 0 Å². The van der Waals surface area contributed by atoms with E-state index in [1.807, 2.05) is 0 Å². The summed E-state index contributed by atoms with van der Waals surface area (Å²) in [5, 5.41) is 10.7. The third kappa shape index (κ3) is 3.56. The van der Waals surface area contributed by atoms with Gasteiger partial charge in [-0.2, -0.15) is 5.26 Å². The van der Waals surface area contributed by atoms with Crippen LogP contribution in [0.3, 0.4) is 0 Å². The molecule has 0 saturated carbocycles. The number of amides is 1. The molecule has 0 fully saturated rings. The molecule has 0 saturated heterocycles. The van der Waals surface area contributed by atoms with Crippen molar-refractivity contribution in [3.05, 3.63) is 0 Å². The largest absolute Gasteiger partial charge is 0.467 e. The smallest absolute Gasteiger partial charge is 0.328 e. The Labute approximate surface area is 76.7 Å². The number of carbonyl (C=O) groups is 2. The van der Waals surface area contributed by atoms with Crippen LogP contribution in [-0.2, 0) is 14.3 Å². The fraction of sp³-hybridized carbons (Fsp3) is 0.625. The van der Waals surface area contributed by atoms with Crippen LogP contribution >= 0.6 is 0 Å². The lowest BCUT2D eigenvalue weighted by atomic mass is 10.2. The average molecular weight is 184 g/mol. The lowest BCUT2D eigenvalue weighted by Gasteiger charge is -2.11. The molecule has 0 heterocycles. The van der Waals surface area contributed by atoms with E-state index in [2.05, 4.69) is 10.1 Å². The van der Waals surface area contributed by atoms with Gasteiger partial charge in [-0.1, -0.05) is 0 Å². The van der Waals surface area contributed by atoms with Crippen molar-refractivity contribution in [2.45, 2.75) is 19.9 Å². The highest BCUT2D eigenvalue weighted by Crippen LogP contribution is 1.94. The zero-order valence-corrected chi connectivity index (χ0v) is 7.83. The molecular weight excluding hydrogens is 172 g/mol. The van der Waals surface area contributed by atoms with Crippen molar-refractivity contribution < 1.29 is 14.3 Å². The van der Waals surface area contributed by atoms with Crippen LogP contribution in [0.4, 0.5) is 0 Å². The SMILES string of the molecule is COC(=O)C(C)NC(=O)C(C)C#N. The standard InChI is InChI=1S/C8H12N2O3/c1-5(4-9)7(11)10-6(2)8(12)13-3/h5-6H,1-3H3,(H,10,11). The Morgan fingerprint density at radius 1 is 1.46 bits per heavy atom. The van der Waals surface area contributed by atoms with E-state index in [1.54, 1.807) is 6.07 Å². The van der Waals surface area contributed by atoms with Gasteiger partial charge in [0.2, 0.25) is 5.91 Å². The third-order valence-electron chi connectivity index (χ3n) is 1.50. The lowest BCUT2D eigenvalue weighted by molar-refractivity contribution is -0.144. The van der Waals surface area contributed by atoms with Gasteiger partial charge in [-0.3, -0.25) is 4.79 Å². The maximum Gasteiger partial charge on any atom is 0.328 e. The van der Waals surface area contributed by atoms with Crippen LogP contribution in [0.5, 0.6) is 0 Å². The predicted octanol–water partition coefficient (Wildman–Crippen LogP) is -0.176. The number of hydrogen-bond donors (Lipinski definition) is 1. The van der Waals surface area contributed by atoms with Crippen LogP contribution in [-0.4, -0.2) is 25.0 Å². The highest BCUT2D eigenvalue weighted by atomic mass is 16.5. The quantitative estimate of drug-likeness (QED) is 0.617. The van der Waals surface area contributed by atoms with Crippen LogP contribution in [0.2, 0.25) is 0 Å². The molecule has 5 heteroatoms. The Morgan fingerprint density at radius 3 is 2.38 bits per heavy atom. The monoisotopic (exact) mass is 184 g/mol. The Balaban J connectivity index is 4.08. The van der Waals surface area contributed by atoms with Crippen molar-refractivity contribution in [1.29, 1.82) is 5.26 Å². The molecule has 1 amide bonds. The number of nitrogens with one attached hydrogen (secondary N) is 1. The second-order valence-corrected chi connectivity index (χ2v) is 2.60. The Morgan fingerprint density at radius 2 is 2.00 bits per heavy atom. The number of rotatable bonds is 3. The van der Waals surface area contributed by atoms with Crippen molar-refractivity contribution in [3.63, 3.8) is 0 Å². The molecule has 0 spiro atoms. The first-order valence-electron chi connectivity index (χ1n) is 3.80. The fourth-order valence-corrected chi connectivity index (χ4v) is 0.633. The predicted molar refractivity (Wildman–Crippen MR) is 44.4 cm³/mol. The minimum atomic E-state index is -0.757. The average Bonchev–Trinajstić information content (AvgIpc) is 2.14. The topological polar surface area (TPSA) is 79.2 Å². The van der Waals surface area contributed by atoms with Crippen LogP contribution in [0.1, 0.15) is 13.8 Å². The zero-order chi connectivity index (χ0) is 10.4. The summed E-state index contributed by atoms with van der Waals surface area (Å²) in [6.07, 6.45) is 0. The summed E-state index contributed by atoms with van der Waals surface area (Å²) in [4.78, 5) is 21.9. The first-order chi connectivity index (χ1) is 6.02. The van der Waals surface area contributed by atoms with E-state index in [1.165, 1.54) is 21.0 Å². The van der Waals surface area contributed by atoms with Gasteiger partial charge in [0, 0.05) is 0 Å². The van der Waals surface area contributed by atoms with Gasteiger partial charge >= 0.3 is 5.97 Å². The summed E-state index contributed by atoms with van der Waals surface area (Å²) in [6.45, 7) is 2.95. The second-order valence-electron chi connectivity index (χ2n) is 2.60.